The summed E-state index contributed by atoms with van der Waals surface area (Å²) >= 11 is 0. The van der Waals surface area contributed by atoms with Gasteiger partial charge < -0.3 is 15.6 Å². The van der Waals surface area contributed by atoms with Crippen molar-refractivity contribution < 1.29 is 9.59 Å². The number of amides is 2. The third-order valence-electron chi connectivity index (χ3n) is 2.10. The maximum atomic E-state index is 11.7. The molecule has 1 heterocycles. The molecule has 0 radical (unpaired) electrons. The van der Waals surface area contributed by atoms with Gasteiger partial charge in [0.25, 0.3) is 5.91 Å². The highest BCUT2D eigenvalue weighted by Gasteiger charge is 2.15. The fraction of sp³-hybridized carbons (Fsp3) is 0.364. The number of pyridine rings is 1. The van der Waals surface area contributed by atoms with Crippen molar-refractivity contribution in [3.8, 4) is 0 Å². The number of nitrogens with one attached hydrogen (secondary N) is 3. The number of rotatable bonds is 4. The third kappa shape index (κ3) is 3.75. The van der Waals surface area contributed by atoms with E-state index in [2.05, 4.69) is 15.6 Å². The highest BCUT2D eigenvalue weighted by molar-refractivity contribution is 5.95. The summed E-state index contributed by atoms with van der Waals surface area (Å²) in [5, 5.41) is 5.07. The zero-order chi connectivity index (χ0) is 12.8. The topological polar surface area (TPSA) is 91.1 Å². The summed E-state index contributed by atoms with van der Waals surface area (Å²) in [6, 6.07) is 3.61. The van der Waals surface area contributed by atoms with Crippen molar-refractivity contribution in [2.45, 2.75) is 19.9 Å². The molecular formula is C11H15N3O3. The van der Waals surface area contributed by atoms with Crippen molar-refractivity contribution in [1.82, 2.24) is 15.6 Å². The highest BCUT2D eigenvalue weighted by Crippen LogP contribution is 1.92. The third-order valence-corrected chi connectivity index (χ3v) is 2.10. The van der Waals surface area contributed by atoms with Gasteiger partial charge in [0.2, 0.25) is 11.5 Å². The van der Waals surface area contributed by atoms with Crippen LogP contribution in [0.3, 0.4) is 0 Å². The van der Waals surface area contributed by atoms with Gasteiger partial charge in [0.15, 0.2) is 0 Å². The number of aromatic nitrogens is 1. The maximum Gasteiger partial charge on any atom is 0.268 e. The van der Waals surface area contributed by atoms with Gasteiger partial charge in [-0.15, -0.1) is 0 Å². The van der Waals surface area contributed by atoms with Crippen molar-refractivity contribution in [1.29, 1.82) is 0 Å². The Labute approximate surface area is 98.4 Å². The summed E-state index contributed by atoms with van der Waals surface area (Å²) in [4.78, 5) is 36.4. The van der Waals surface area contributed by atoms with Crippen LogP contribution in [-0.2, 0) is 4.79 Å². The number of carbonyl (C=O) groups excluding carboxylic acids is 2. The first-order valence-electron chi connectivity index (χ1n) is 5.32. The Kier molecular flexibility index (Phi) is 4.45. The molecule has 1 rings (SSSR count). The Bertz CT molecular complexity index is 467. The molecular weight excluding hydrogens is 222 g/mol. The van der Waals surface area contributed by atoms with E-state index in [1.165, 1.54) is 18.2 Å². The summed E-state index contributed by atoms with van der Waals surface area (Å²) in [5.41, 5.74) is -0.225. The molecule has 0 spiro atoms. The molecule has 1 aromatic rings. The SMILES string of the molecule is CCNC(=O)C(C)NC(=O)c1cccc(=O)[nH]1. The normalized spacial score (nSPS) is 11.6. The van der Waals surface area contributed by atoms with Crippen molar-refractivity contribution in [2.24, 2.45) is 0 Å². The average molecular weight is 237 g/mol. The molecule has 6 nitrogen and oxygen atoms in total. The molecule has 3 N–H and O–H groups in total. The van der Waals surface area contributed by atoms with Crippen LogP contribution in [0.5, 0.6) is 0 Å². The van der Waals surface area contributed by atoms with E-state index in [4.69, 9.17) is 0 Å². The lowest BCUT2D eigenvalue weighted by Gasteiger charge is -2.12. The second-order valence-electron chi connectivity index (χ2n) is 3.52. The van der Waals surface area contributed by atoms with Gasteiger partial charge in [-0.3, -0.25) is 14.4 Å². The van der Waals surface area contributed by atoms with Crippen LogP contribution in [-0.4, -0.2) is 29.4 Å². The van der Waals surface area contributed by atoms with E-state index in [-0.39, 0.29) is 17.2 Å². The summed E-state index contributed by atoms with van der Waals surface area (Å²) in [7, 11) is 0. The first kappa shape index (κ1) is 13.0. The van der Waals surface area contributed by atoms with Gasteiger partial charge in [-0.25, -0.2) is 0 Å². The molecule has 0 aliphatic carbocycles. The van der Waals surface area contributed by atoms with E-state index in [0.717, 1.165) is 0 Å². The van der Waals surface area contributed by atoms with E-state index in [9.17, 15) is 14.4 Å². The van der Waals surface area contributed by atoms with Crippen molar-refractivity contribution in [3.63, 3.8) is 0 Å². The molecule has 92 valence electrons. The van der Waals surface area contributed by atoms with Crippen LogP contribution >= 0.6 is 0 Å². The van der Waals surface area contributed by atoms with Crippen LogP contribution in [0.2, 0.25) is 0 Å². The predicted molar refractivity (Wildman–Crippen MR) is 62.7 cm³/mol. The molecule has 0 fully saturated rings. The molecule has 2 amide bonds. The van der Waals surface area contributed by atoms with Gasteiger partial charge in [0.05, 0.1) is 0 Å². The Morgan fingerprint density at radius 3 is 2.71 bits per heavy atom. The molecule has 1 unspecified atom stereocenters. The lowest BCUT2D eigenvalue weighted by atomic mass is 10.2. The zero-order valence-corrected chi connectivity index (χ0v) is 9.74. The Morgan fingerprint density at radius 1 is 1.41 bits per heavy atom. The van der Waals surface area contributed by atoms with Crippen LogP contribution in [0.1, 0.15) is 24.3 Å². The summed E-state index contributed by atoms with van der Waals surface area (Å²) in [6.45, 7) is 3.87. The first-order valence-corrected chi connectivity index (χ1v) is 5.32. The molecule has 0 aromatic carbocycles. The van der Waals surface area contributed by atoms with Crippen LogP contribution in [0.25, 0.3) is 0 Å². The van der Waals surface area contributed by atoms with Gasteiger partial charge in [-0.2, -0.15) is 0 Å². The molecule has 17 heavy (non-hydrogen) atoms. The van der Waals surface area contributed by atoms with Gasteiger partial charge in [-0.1, -0.05) is 6.07 Å². The van der Waals surface area contributed by atoms with E-state index < -0.39 is 11.9 Å². The maximum absolute atomic E-state index is 11.7. The molecule has 1 atom stereocenters. The van der Waals surface area contributed by atoms with Crippen molar-refractivity contribution in [3.05, 3.63) is 34.2 Å². The summed E-state index contributed by atoms with van der Waals surface area (Å²) in [6.07, 6.45) is 0. The summed E-state index contributed by atoms with van der Waals surface area (Å²) in [5.74, 6) is -0.749. The van der Waals surface area contributed by atoms with Crippen LogP contribution in [0.4, 0.5) is 0 Å². The Morgan fingerprint density at radius 2 is 2.12 bits per heavy atom. The van der Waals surface area contributed by atoms with Gasteiger partial charge >= 0.3 is 0 Å². The number of H-pyrrole nitrogens is 1. The van der Waals surface area contributed by atoms with Crippen LogP contribution < -0.4 is 16.2 Å². The van der Waals surface area contributed by atoms with E-state index in [1.54, 1.807) is 13.8 Å². The number of hydrogen-bond acceptors (Lipinski definition) is 3. The molecule has 0 aliphatic rings. The molecule has 0 aliphatic heterocycles. The largest absolute Gasteiger partial charge is 0.355 e. The molecule has 0 saturated heterocycles. The highest BCUT2D eigenvalue weighted by atomic mass is 16.2. The fourth-order valence-corrected chi connectivity index (χ4v) is 1.25. The Balaban J connectivity index is 2.66. The lowest BCUT2D eigenvalue weighted by Crippen LogP contribution is -2.45. The van der Waals surface area contributed by atoms with E-state index >= 15 is 0 Å². The number of likely N-dealkylation sites (N-methyl/N-ethyl adjacent to an activating group) is 1. The second kappa shape index (κ2) is 5.83. The molecule has 0 saturated carbocycles. The lowest BCUT2D eigenvalue weighted by molar-refractivity contribution is -0.122. The minimum atomic E-state index is -0.647. The van der Waals surface area contributed by atoms with Crippen molar-refractivity contribution in [2.75, 3.05) is 6.54 Å². The smallest absolute Gasteiger partial charge is 0.268 e. The Hall–Kier alpha value is -2.11. The first-order chi connectivity index (χ1) is 8.04. The quantitative estimate of drug-likeness (QED) is 0.667. The standard InChI is InChI=1S/C11H15N3O3/c1-3-12-10(16)7(2)13-11(17)8-5-4-6-9(15)14-8/h4-7H,3H2,1-2H3,(H,12,16)(H,13,17)(H,14,15). The average Bonchev–Trinajstić information content (AvgIpc) is 2.29. The monoisotopic (exact) mass is 237 g/mol. The number of aromatic amines is 1. The second-order valence-corrected chi connectivity index (χ2v) is 3.52. The van der Waals surface area contributed by atoms with Gasteiger partial charge in [-0.05, 0) is 19.9 Å². The molecule has 6 heteroatoms. The molecule has 0 bridgehead atoms. The fourth-order valence-electron chi connectivity index (χ4n) is 1.25. The number of hydrogen-bond donors (Lipinski definition) is 3. The van der Waals surface area contributed by atoms with Crippen molar-refractivity contribution >= 4 is 11.8 Å². The zero-order valence-electron chi connectivity index (χ0n) is 9.74. The molecule has 1 aromatic heterocycles. The minimum absolute atomic E-state index is 0.133. The van der Waals surface area contributed by atoms with E-state index in [1.807, 2.05) is 0 Å². The van der Waals surface area contributed by atoms with Crippen LogP contribution in [0, 0.1) is 0 Å². The van der Waals surface area contributed by atoms with Gasteiger partial charge in [0, 0.05) is 12.6 Å². The van der Waals surface area contributed by atoms with E-state index in [0.29, 0.717) is 6.54 Å². The summed E-state index contributed by atoms with van der Waals surface area (Å²) < 4.78 is 0. The predicted octanol–water partition coefficient (Wildman–Crippen LogP) is -0.371. The number of carbonyl (C=O) groups is 2. The minimum Gasteiger partial charge on any atom is -0.355 e. The van der Waals surface area contributed by atoms with Crippen LogP contribution in [0.15, 0.2) is 23.0 Å². The van der Waals surface area contributed by atoms with Gasteiger partial charge in [0.1, 0.15) is 11.7 Å².